The van der Waals surface area contributed by atoms with Gasteiger partial charge in [0.25, 0.3) is 5.91 Å². The lowest BCUT2D eigenvalue weighted by atomic mass is 10.3. The van der Waals surface area contributed by atoms with Crippen LogP contribution < -0.4 is 20.1 Å². The predicted octanol–water partition coefficient (Wildman–Crippen LogP) is 0.949. The number of fused-ring (bicyclic) bond motifs is 1. The first-order valence-corrected chi connectivity index (χ1v) is 10.4. The van der Waals surface area contributed by atoms with E-state index in [-0.39, 0.29) is 5.91 Å². The molecule has 2 fully saturated rings. The number of aromatic nitrogens is 4. The van der Waals surface area contributed by atoms with Gasteiger partial charge in [0.1, 0.15) is 12.3 Å². The Labute approximate surface area is 181 Å². The van der Waals surface area contributed by atoms with Gasteiger partial charge in [0.2, 0.25) is 5.88 Å². The van der Waals surface area contributed by atoms with E-state index in [0.29, 0.717) is 48.5 Å². The van der Waals surface area contributed by atoms with E-state index in [1.807, 2.05) is 0 Å². The van der Waals surface area contributed by atoms with E-state index in [1.165, 1.54) is 28.3 Å². The second-order valence-electron chi connectivity index (χ2n) is 7.92. The first kappa shape index (κ1) is 20.0. The van der Waals surface area contributed by atoms with Gasteiger partial charge in [0, 0.05) is 25.2 Å². The molecule has 166 valence electrons. The summed E-state index contributed by atoms with van der Waals surface area (Å²) in [5.41, 5.74) is 0.223. The van der Waals surface area contributed by atoms with E-state index in [4.69, 9.17) is 14.6 Å². The van der Waals surface area contributed by atoms with Gasteiger partial charge >= 0.3 is 11.7 Å². The highest BCUT2D eigenvalue weighted by atomic mass is 16.5. The fourth-order valence-corrected chi connectivity index (χ4v) is 3.59. The van der Waals surface area contributed by atoms with Crippen molar-refractivity contribution < 1.29 is 24.2 Å². The van der Waals surface area contributed by atoms with Crippen molar-refractivity contribution in [2.45, 2.75) is 31.9 Å². The van der Waals surface area contributed by atoms with Crippen LogP contribution in [0.15, 0.2) is 41.5 Å². The number of hydrogen-bond acceptors (Lipinski definition) is 7. The maximum absolute atomic E-state index is 12.9. The molecule has 0 aromatic carbocycles. The minimum absolute atomic E-state index is 0.232. The van der Waals surface area contributed by atoms with Crippen LogP contribution in [-0.4, -0.2) is 55.4 Å². The Hall–Kier alpha value is -3.89. The van der Waals surface area contributed by atoms with E-state index in [0.717, 1.165) is 4.68 Å². The number of carboxylic acid groups (broad SMARTS) is 1. The van der Waals surface area contributed by atoms with Crippen molar-refractivity contribution in [2.75, 3.05) is 18.1 Å². The highest BCUT2D eigenvalue weighted by Crippen LogP contribution is 2.29. The Bertz CT molecular complexity index is 1230. The summed E-state index contributed by atoms with van der Waals surface area (Å²) in [5.74, 6) is 0.250. The number of amides is 1. The second-order valence-corrected chi connectivity index (χ2v) is 7.92. The lowest BCUT2D eigenvalue weighted by Crippen LogP contribution is -2.32. The Balaban J connectivity index is 1.27. The summed E-state index contributed by atoms with van der Waals surface area (Å²) in [5, 5.41) is 12.9. The molecule has 3 aromatic heterocycles. The van der Waals surface area contributed by atoms with Gasteiger partial charge in [0.05, 0.1) is 18.5 Å². The van der Waals surface area contributed by atoms with Crippen molar-refractivity contribution in [1.82, 2.24) is 19.2 Å². The Morgan fingerprint density at radius 1 is 1.16 bits per heavy atom. The smallest absolute Gasteiger partial charge is 0.350 e. The van der Waals surface area contributed by atoms with Crippen molar-refractivity contribution in [3.63, 3.8) is 0 Å². The largest absolute Gasteiger partial charge is 0.480 e. The van der Waals surface area contributed by atoms with Crippen LogP contribution in [0.3, 0.4) is 0 Å². The number of aliphatic carboxylic acids is 1. The average molecular weight is 439 g/mol. The monoisotopic (exact) mass is 439 g/mol. The van der Waals surface area contributed by atoms with Gasteiger partial charge in [0.15, 0.2) is 11.8 Å². The molecule has 0 spiro atoms. The molecular weight excluding hydrogens is 418 g/mol. The Kier molecular flexibility index (Phi) is 5.00. The van der Waals surface area contributed by atoms with E-state index in [9.17, 15) is 14.4 Å². The summed E-state index contributed by atoms with van der Waals surface area (Å²) in [6, 6.07) is 6.69. The van der Waals surface area contributed by atoms with Gasteiger partial charge in [-0.2, -0.15) is 0 Å². The van der Waals surface area contributed by atoms with Gasteiger partial charge in [-0.05, 0) is 37.0 Å². The van der Waals surface area contributed by atoms with Gasteiger partial charge in [-0.1, -0.05) is 0 Å². The first-order chi connectivity index (χ1) is 15.5. The number of pyridine rings is 2. The molecule has 1 N–H and O–H groups in total. The molecule has 0 bridgehead atoms. The number of rotatable bonds is 8. The maximum Gasteiger partial charge on any atom is 0.350 e. The van der Waals surface area contributed by atoms with Crippen molar-refractivity contribution in [3.8, 4) is 11.6 Å². The SMILES string of the molecule is O=C(O)Cn1nc2ccc(N3CC[C@@H](Oc4ccc(OCC5CC5)nc4)C3=O)cn2c1=O. The Morgan fingerprint density at radius 2 is 2.00 bits per heavy atom. The number of nitrogens with zero attached hydrogens (tertiary/aromatic N) is 5. The fraction of sp³-hybridized carbons (Fsp3) is 0.381. The zero-order valence-electron chi connectivity index (χ0n) is 17.1. The Morgan fingerprint density at radius 3 is 2.72 bits per heavy atom. The van der Waals surface area contributed by atoms with Crippen molar-refractivity contribution >= 4 is 23.2 Å². The number of carbonyl (C=O) groups is 2. The third-order valence-corrected chi connectivity index (χ3v) is 5.47. The molecule has 2 aliphatic rings. The second kappa shape index (κ2) is 7.98. The molecule has 3 aromatic rings. The number of anilines is 1. The van der Waals surface area contributed by atoms with E-state index in [2.05, 4.69) is 10.1 Å². The van der Waals surface area contributed by atoms with Gasteiger partial charge in [-0.15, -0.1) is 5.10 Å². The van der Waals surface area contributed by atoms with Gasteiger partial charge in [-0.3, -0.25) is 9.59 Å². The molecule has 32 heavy (non-hydrogen) atoms. The molecule has 11 heteroatoms. The molecule has 0 unspecified atom stereocenters. The molecule has 1 aliphatic carbocycles. The topological polar surface area (TPSA) is 128 Å². The molecule has 11 nitrogen and oxygen atoms in total. The van der Waals surface area contributed by atoms with Gasteiger partial charge < -0.3 is 19.5 Å². The standard InChI is InChI=1S/C21H21N5O6/c27-19(28)11-26-21(30)25-10-14(3-5-17(25)23-26)24-8-7-16(20(24)29)32-15-4-6-18(22-9-15)31-12-13-1-2-13/h3-6,9-10,13,16H,1-2,7-8,11-12H2,(H,27,28)/t16-/m1/s1. The molecule has 0 radical (unpaired) electrons. The van der Waals surface area contributed by atoms with Gasteiger partial charge in [-0.25, -0.2) is 18.9 Å². The van der Waals surface area contributed by atoms with E-state index in [1.54, 1.807) is 30.5 Å². The summed E-state index contributed by atoms with van der Waals surface area (Å²) in [7, 11) is 0. The lowest BCUT2D eigenvalue weighted by molar-refractivity contribution is -0.138. The molecule has 4 heterocycles. The molecule has 1 aliphatic heterocycles. The van der Waals surface area contributed by atoms with Crippen LogP contribution in [0.25, 0.3) is 5.65 Å². The zero-order valence-corrected chi connectivity index (χ0v) is 17.1. The van der Waals surface area contributed by atoms with Crippen LogP contribution in [-0.2, 0) is 16.1 Å². The molecule has 5 rings (SSSR count). The minimum Gasteiger partial charge on any atom is -0.480 e. The van der Waals surface area contributed by atoms with Crippen molar-refractivity contribution in [1.29, 1.82) is 0 Å². The molecule has 1 atom stereocenters. The molecule has 1 saturated heterocycles. The number of ether oxygens (including phenoxy) is 2. The quantitative estimate of drug-likeness (QED) is 0.549. The van der Waals surface area contributed by atoms with Crippen LogP contribution in [0.5, 0.6) is 11.6 Å². The summed E-state index contributed by atoms with van der Waals surface area (Å²) in [6.45, 7) is 0.557. The number of carboxylic acids is 1. The predicted molar refractivity (Wildman–Crippen MR) is 111 cm³/mol. The normalized spacial score (nSPS) is 18.3. The van der Waals surface area contributed by atoms with Crippen molar-refractivity contribution in [3.05, 3.63) is 47.1 Å². The zero-order chi connectivity index (χ0) is 22.2. The first-order valence-electron chi connectivity index (χ1n) is 10.4. The maximum atomic E-state index is 12.9. The highest BCUT2D eigenvalue weighted by molar-refractivity contribution is 5.99. The van der Waals surface area contributed by atoms with Crippen LogP contribution in [0.1, 0.15) is 19.3 Å². The van der Waals surface area contributed by atoms with Crippen LogP contribution in [0.4, 0.5) is 5.69 Å². The van der Waals surface area contributed by atoms with Crippen LogP contribution in [0.2, 0.25) is 0 Å². The third kappa shape index (κ3) is 4.01. The summed E-state index contributed by atoms with van der Waals surface area (Å²) in [6.07, 6.45) is 5.24. The molecule has 1 saturated carbocycles. The number of carbonyl (C=O) groups excluding carboxylic acids is 1. The van der Waals surface area contributed by atoms with E-state index < -0.39 is 24.3 Å². The van der Waals surface area contributed by atoms with Crippen molar-refractivity contribution in [2.24, 2.45) is 5.92 Å². The fourth-order valence-electron chi connectivity index (χ4n) is 3.59. The summed E-state index contributed by atoms with van der Waals surface area (Å²) in [4.78, 5) is 41.9. The number of hydrogen-bond donors (Lipinski definition) is 1. The minimum atomic E-state index is -1.16. The highest BCUT2D eigenvalue weighted by Gasteiger charge is 2.34. The lowest BCUT2D eigenvalue weighted by Gasteiger charge is -2.17. The average Bonchev–Trinajstić information content (AvgIpc) is 3.48. The van der Waals surface area contributed by atoms with Crippen LogP contribution in [0, 0.1) is 5.92 Å². The summed E-state index contributed by atoms with van der Waals surface area (Å²) < 4.78 is 13.5. The summed E-state index contributed by atoms with van der Waals surface area (Å²) >= 11 is 0. The van der Waals surface area contributed by atoms with Crippen LogP contribution >= 0.6 is 0 Å². The molecular formula is C21H21N5O6. The third-order valence-electron chi connectivity index (χ3n) is 5.47. The molecule has 1 amide bonds. The van der Waals surface area contributed by atoms with E-state index >= 15 is 0 Å².